The molecule has 1 amide bonds. The van der Waals surface area contributed by atoms with E-state index in [-0.39, 0.29) is 42.4 Å². The van der Waals surface area contributed by atoms with E-state index in [9.17, 15) is 9.59 Å². The maximum atomic E-state index is 12.4. The van der Waals surface area contributed by atoms with Gasteiger partial charge < -0.3 is 10.6 Å². The third kappa shape index (κ3) is 6.18. The molecule has 2 N–H and O–H groups in total. The zero-order valence-corrected chi connectivity index (χ0v) is 17.2. The summed E-state index contributed by atoms with van der Waals surface area (Å²) in [5, 5.41) is 6.35. The molecule has 1 aliphatic rings. The van der Waals surface area contributed by atoms with Gasteiger partial charge in [-0.1, -0.05) is 61.5 Å². The summed E-state index contributed by atoms with van der Waals surface area (Å²) in [5.74, 6) is -0.0261. The molecule has 0 aromatic heterocycles. The second kappa shape index (κ2) is 10.4. The van der Waals surface area contributed by atoms with Crippen LogP contribution < -0.4 is 10.6 Å². The van der Waals surface area contributed by atoms with Gasteiger partial charge in [0.2, 0.25) is 5.91 Å². The largest absolute Gasteiger partial charge is 0.356 e. The van der Waals surface area contributed by atoms with E-state index in [1.807, 2.05) is 54.6 Å². The summed E-state index contributed by atoms with van der Waals surface area (Å²) in [6, 6.07) is 17.7. The van der Waals surface area contributed by atoms with Gasteiger partial charge in [-0.15, -0.1) is 12.4 Å². The fraction of sp³-hybridized carbons (Fsp3) is 0.391. The lowest BCUT2D eigenvalue weighted by atomic mass is 9.81. The number of hydrogen-bond acceptors (Lipinski definition) is 3. The highest BCUT2D eigenvalue weighted by molar-refractivity contribution is 5.98. The molecule has 28 heavy (non-hydrogen) atoms. The molecule has 4 nitrogen and oxygen atoms in total. The molecule has 5 heteroatoms. The average molecular weight is 401 g/mol. The fourth-order valence-electron chi connectivity index (χ4n) is 3.46. The number of Topliss-reactive ketones (excluding diaryl/α,β-unsaturated/α-hetero) is 1. The Morgan fingerprint density at radius 2 is 1.54 bits per heavy atom. The van der Waals surface area contributed by atoms with Gasteiger partial charge in [-0.05, 0) is 42.5 Å². The van der Waals surface area contributed by atoms with Crippen molar-refractivity contribution >= 4 is 24.1 Å². The minimum absolute atomic E-state index is 0. The van der Waals surface area contributed by atoms with Gasteiger partial charge >= 0.3 is 0 Å². The van der Waals surface area contributed by atoms with Crippen molar-refractivity contribution in [3.8, 4) is 11.1 Å². The van der Waals surface area contributed by atoms with Gasteiger partial charge in [0.1, 0.15) is 0 Å². The number of ketones is 1. The molecule has 150 valence electrons. The summed E-state index contributed by atoms with van der Waals surface area (Å²) in [4.78, 5) is 24.5. The van der Waals surface area contributed by atoms with E-state index in [4.69, 9.17) is 0 Å². The van der Waals surface area contributed by atoms with Crippen molar-refractivity contribution in [2.45, 2.75) is 32.6 Å². The topological polar surface area (TPSA) is 58.2 Å². The number of rotatable bonds is 7. The standard InChI is InChI=1S/C23H28N2O2.ClH/c1-23(13-15-24-16-14-23)17-25-22(27)12-11-21(26)20-9-7-19(8-10-20)18-5-3-2-4-6-18;/h2-10,24H,11-17H2,1H3,(H,25,27);1H. The van der Waals surface area contributed by atoms with Crippen molar-refractivity contribution in [1.29, 1.82) is 0 Å². The lowest BCUT2D eigenvalue weighted by molar-refractivity contribution is -0.121. The Kier molecular flexibility index (Phi) is 8.21. The van der Waals surface area contributed by atoms with Crippen LogP contribution in [0.15, 0.2) is 54.6 Å². The Bertz CT molecular complexity index is 769. The molecule has 3 rings (SSSR count). The van der Waals surface area contributed by atoms with E-state index in [1.165, 1.54) is 0 Å². The summed E-state index contributed by atoms with van der Waals surface area (Å²) in [5.41, 5.74) is 3.04. The molecule has 0 radical (unpaired) electrons. The van der Waals surface area contributed by atoms with Crippen LogP contribution in [0.2, 0.25) is 0 Å². The van der Waals surface area contributed by atoms with Gasteiger partial charge in [0.15, 0.2) is 5.78 Å². The van der Waals surface area contributed by atoms with E-state index >= 15 is 0 Å². The molecule has 2 aromatic carbocycles. The second-order valence-corrected chi connectivity index (χ2v) is 7.70. The number of carbonyl (C=O) groups is 2. The Balaban J connectivity index is 0.00000280. The predicted octanol–water partition coefficient (Wildman–Crippen LogP) is 4.24. The SMILES string of the molecule is CC1(CNC(=O)CCC(=O)c2ccc(-c3ccccc3)cc2)CCNCC1.Cl. The molecule has 0 unspecified atom stereocenters. The van der Waals surface area contributed by atoms with Crippen molar-refractivity contribution in [3.63, 3.8) is 0 Å². The number of hydrogen-bond donors (Lipinski definition) is 2. The maximum Gasteiger partial charge on any atom is 0.220 e. The van der Waals surface area contributed by atoms with Gasteiger partial charge in [-0.2, -0.15) is 0 Å². The van der Waals surface area contributed by atoms with Crippen molar-refractivity contribution in [2.24, 2.45) is 5.41 Å². The molecular weight excluding hydrogens is 372 g/mol. The summed E-state index contributed by atoms with van der Waals surface area (Å²) in [7, 11) is 0. The number of nitrogens with one attached hydrogen (secondary N) is 2. The van der Waals surface area contributed by atoms with Crippen LogP contribution in [-0.4, -0.2) is 31.3 Å². The Morgan fingerprint density at radius 3 is 2.18 bits per heavy atom. The lowest BCUT2D eigenvalue weighted by Crippen LogP contribution is -2.42. The van der Waals surface area contributed by atoms with Crippen LogP contribution in [0.4, 0.5) is 0 Å². The van der Waals surface area contributed by atoms with Gasteiger partial charge in [-0.3, -0.25) is 9.59 Å². The van der Waals surface area contributed by atoms with Crippen LogP contribution in [0, 0.1) is 5.41 Å². The van der Waals surface area contributed by atoms with Crippen LogP contribution >= 0.6 is 12.4 Å². The molecule has 1 saturated heterocycles. The third-order valence-electron chi connectivity index (χ3n) is 5.42. The first kappa shape index (κ1) is 22.1. The molecule has 0 saturated carbocycles. The Morgan fingerprint density at radius 1 is 0.929 bits per heavy atom. The van der Waals surface area contributed by atoms with Gasteiger partial charge in [-0.25, -0.2) is 0 Å². The molecule has 0 atom stereocenters. The molecule has 1 aliphatic heterocycles. The lowest BCUT2D eigenvalue weighted by Gasteiger charge is -2.34. The van der Waals surface area contributed by atoms with Gasteiger partial charge in [0, 0.05) is 24.9 Å². The minimum atomic E-state index is -0.0380. The smallest absolute Gasteiger partial charge is 0.220 e. The van der Waals surface area contributed by atoms with E-state index in [1.54, 1.807) is 0 Å². The number of piperidine rings is 1. The Hall–Kier alpha value is -2.17. The van der Waals surface area contributed by atoms with Crippen molar-refractivity contribution in [2.75, 3.05) is 19.6 Å². The normalized spacial score (nSPS) is 15.3. The van der Waals surface area contributed by atoms with Crippen LogP contribution in [0.1, 0.15) is 43.0 Å². The van der Waals surface area contributed by atoms with Crippen LogP contribution in [-0.2, 0) is 4.79 Å². The molecule has 0 aliphatic carbocycles. The summed E-state index contributed by atoms with van der Waals surface area (Å²) < 4.78 is 0. The minimum Gasteiger partial charge on any atom is -0.356 e. The monoisotopic (exact) mass is 400 g/mol. The van der Waals surface area contributed by atoms with E-state index in [2.05, 4.69) is 17.6 Å². The van der Waals surface area contributed by atoms with Crippen molar-refractivity contribution in [1.82, 2.24) is 10.6 Å². The zero-order chi connectivity index (χ0) is 19.1. The number of amides is 1. The van der Waals surface area contributed by atoms with Gasteiger partial charge in [0.05, 0.1) is 0 Å². The van der Waals surface area contributed by atoms with E-state index in [0.29, 0.717) is 12.1 Å². The molecule has 2 aromatic rings. The van der Waals surface area contributed by atoms with Crippen LogP contribution in [0.3, 0.4) is 0 Å². The average Bonchev–Trinajstić information content (AvgIpc) is 2.72. The molecule has 0 bridgehead atoms. The highest BCUT2D eigenvalue weighted by atomic mass is 35.5. The first-order valence-electron chi connectivity index (χ1n) is 9.72. The molecule has 0 spiro atoms. The fourth-order valence-corrected chi connectivity index (χ4v) is 3.46. The first-order chi connectivity index (χ1) is 13.1. The number of carbonyl (C=O) groups excluding carboxylic acids is 2. The highest BCUT2D eigenvalue weighted by Gasteiger charge is 2.26. The predicted molar refractivity (Wildman–Crippen MR) is 116 cm³/mol. The maximum absolute atomic E-state index is 12.4. The molecule has 1 heterocycles. The summed E-state index contributed by atoms with van der Waals surface area (Å²) in [6.07, 6.45) is 2.63. The molecular formula is C23H29ClN2O2. The van der Waals surface area contributed by atoms with Crippen LogP contribution in [0.5, 0.6) is 0 Å². The van der Waals surface area contributed by atoms with Crippen molar-refractivity contribution in [3.05, 3.63) is 60.2 Å². The summed E-state index contributed by atoms with van der Waals surface area (Å²) in [6.45, 7) is 4.91. The van der Waals surface area contributed by atoms with E-state index < -0.39 is 0 Å². The Labute approximate surface area is 173 Å². The van der Waals surface area contributed by atoms with E-state index in [0.717, 1.165) is 37.1 Å². The van der Waals surface area contributed by atoms with Gasteiger partial charge in [0.25, 0.3) is 0 Å². The molecule has 1 fully saturated rings. The number of halogens is 1. The number of benzene rings is 2. The van der Waals surface area contributed by atoms with Crippen molar-refractivity contribution < 1.29 is 9.59 Å². The van der Waals surface area contributed by atoms with Crippen LogP contribution in [0.25, 0.3) is 11.1 Å². The highest BCUT2D eigenvalue weighted by Crippen LogP contribution is 2.26. The third-order valence-corrected chi connectivity index (χ3v) is 5.42. The first-order valence-corrected chi connectivity index (χ1v) is 9.72. The summed E-state index contributed by atoms with van der Waals surface area (Å²) >= 11 is 0. The quantitative estimate of drug-likeness (QED) is 0.683. The second-order valence-electron chi connectivity index (χ2n) is 7.70. The zero-order valence-electron chi connectivity index (χ0n) is 16.4.